The van der Waals surface area contributed by atoms with Crippen molar-refractivity contribution >= 4 is 11.6 Å². The topological polar surface area (TPSA) is 41.3 Å². The molecule has 0 saturated carbocycles. The highest BCUT2D eigenvalue weighted by atomic mass is 35.5. The summed E-state index contributed by atoms with van der Waals surface area (Å²) >= 11 is 6.25. The molecule has 1 fully saturated rings. The van der Waals surface area contributed by atoms with Crippen molar-refractivity contribution in [3.8, 4) is 0 Å². The number of rotatable bonds is 2. The van der Waals surface area contributed by atoms with Gasteiger partial charge in [-0.1, -0.05) is 11.6 Å². The minimum atomic E-state index is -0.438. The first-order chi connectivity index (χ1) is 9.08. The molecule has 0 radical (unpaired) electrons. The van der Waals surface area contributed by atoms with Crippen LogP contribution in [-0.2, 0) is 6.42 Å². The van der Waals surface area contributed by atoms with Crippen LogP contribution < -0.4 is 0 Å². The zero-order chi connectivity index (χ0) is 13.6. The van der Waals surface area contributed by atoms with Gasteiger partial charge >= 0.3 is 0 Å². The molecular formula is C14H22ClN3O. The van der Waals surface area contributed by atoms with Crippen LogP contribution in [0.3, 0.4) is 0 Å². The SMILES string of the molecule is CC(C)N1CCC(c2nc(Cl)c3n2C(O)CCC3)C1. The van der Waals surface area contributed by atoms with E-state index in [-0.39, 0.29) is 0 Å². The first kappa shape index (κ1) is 13.4. The van der Waals surface area contributed by atoms with Crippen LogP contribution in [0.5, 0.6) is 0 Å². The normalized spacial score (nSPS) is 28.1. The second-order valence-electron chi connectivity index (χ2n) is 6.02. The zero-order valence-corrected chi connectivity index (χ0v) is 12.4. The first-order valence-corrected chi connectivity index (χ1v) is 7.64. The minimum Gasteiger partial charge on any atom is -0.373 e. The van der Waals surface area contributed by atoms with E-state index in [2.05, 4.69) is 23.7 Å². The Morgan fingerprint density at radius 1 is 1.37 bits per heavy atom. The average molecular weight is 284 g/mol. The molecule has 2 aliphatic rings. The van der Waals surface area contributed by atoms with Crippen LogP contribution in [0.1, 0.15) is 56.8 Å². The van der Waals surface area contributed by atoms with Gasteiger partial charge in [0.1, 0.15) is 12.1 Å². The number of aliphatic hydroxyl groups excluding tert-OH is 1. The summed E-state index contributed by atoms with van der Waals surface area (Å²) in [5.41, 5.74) is 1.03. The van der Waals surface area contributed by atoms with Gasteiger partial charge < -0.3 is 14.6 Å². The number of halogens is 1. The molecule has 4 nitrogen and oxygen atoms in total. The van der Waals surface area contributed by atoms with Crippen molar-refractivity contribution in [2.75, 3.05) is 13.1 Å². The lowest BCUT2D eigenvalue weighted by atomic mass is 10.1. The van der Waals surface area contributed by atoms with Gasteiger partial charge in [-0.3, -0.25) is 0 Å². The standard InChI is InChI=1S/C14H22ClN3O/c1-9(2)17-7-6-10(8-17)14-16-13(15)11-4-3-5-12(19)18(11)14/h9-10,12,19H,3-8H2,1-2H3. The predicted molar refractivity (Wildman–Crippen MR) is 75.5 cm³/mol. The van der Waals surface area contributed by atoms with E-state index in [9.17, 15) is 5.11 Å². The van der Waals surface area contributed by atoms with Crippen LogP contribution in [0, 0.1) is 0 Å². The lowest BCUT2D eigenvalue weighted by Gasteiger charge is -2.25. The van der Waals surface area contributed by atoms with E-state index in [1.807, 2.05) is 4.57 Å². The molecule has 1 saturated heterocycles. The Kier molecular flexibility index (Phi) is 3.58. The molecule has 19 heavy (non-hydrogen) atoms. The highest BCUT2D eigenvalue weighted by Crippen LogP contribution is 2.36. The van der Waals surface area contributed by atoms with E-state index in [4.69, 9.17) is 11.6 Å². The molecule has 1 N–H and O–H groups in total. The van der Waals surface area contributed by atoms with E-state index in [1.54, 1.807) is 0 Å². The molecule has 0 amide bonds. The monoisotopic (exact) mass is 283 g/mol. The highest BCUT2D eigenvalue weighted by Gasteiger charge is 2.33. The van der Waals surface area contributed by atoms with Gasteiger partial charge in [0, 0.05) is 18.5 Å². The number of aromatic nitrogens is 2. The van der Waals surface area contributed by atoms with E-state index in [1.165, 1.54) is 0 Å². The molecule has 2 aliphatic heterocycles. The lowest BCUT2D eigenvalue weighted by molar-refractivity contribution is 0.0745. The highest BCUT2D eigenvalue weighted by molar-refractivity contribution is 6.30. The summed E-state index contributed by atoms with van der Waals surface area (Å²) in [4.78, 5) is 7.03. The van der Waals surface area contributed by atoms with Gasteiger partial charge in [-0.25, -0.2) is 4.98 Å². The van der Waals surface area contributed by atoms with Crippen LogP contribution in [0.25, 0.3) is 0 Å². The number of fused-ring (bicyclic) bond motifs is 1. The third-order valence-corrected chi connectivity index (χ3v) is 4.78. The van der Waals surface area contributed by atoms with Crippen LogP contribution >= 0.6 is 11.6 Å². The van der Waals surface area contributed by atoms with Crippen molar-refractivity contribution in [3.63, 3.8) is 0 Å². The van der Waals surface area contributed by atoms with Crippen molar-refractivity contribution in [2.24, 2.45) is 0 Å². The molecule has 3 rings (SSSR count). The zero-order valence-electron chi connectivity index (χ0n) is 11.6. The smallest absolute Gasteiger partial charge is 0.150 e. The van der Waals surface area contributed by atoms with E-state index in [0.29, 0.717) is 17.1 Å². The maximum atomic E-state index is 10.2. The molecule has 2 unspecified atom stereocenters. The van der Waals surface area contributed by atoms with Gasteiger partial charge in [0.15, 0.2) is 5.15 Å². The molecule has 3 heterocycles. The third-order valence-electron chi connectivity index (χ3n) is 4.48. The van der Waals surface area contributed by atoms with Crippen molar-refractivity contribution in [1.29, 1.82) is 0 Å². The van der Waals surface area contributed by atoms with Gasteiger partial charge in [-0.2, -0.15) is 0 Å². The summed E-state index contributed by atoms with van der Waals surface area (Å²) in [5, 5.41) is 10.8. The Morgan fingerprint density at radius 2 is 2.16 bits per heavy atom. The van der Waals surface area contributed by atoms with Gasteiger partial charge in [-0.05, 0) is 46.1 Å². The summed E-state index contributed by atoms with van der Waals surface area (Å²) in [6, 6.07) is 0.571. The van der Waals surface area contributed by atoms with E-state index in [0.717, 1.165) is 50.3 Å². The fourth-order valence-corrected chi connectivity index (χ4v) is 3.62. The number of likely N-dealkylation sites (tertiary alicyclic amines) is 1. The van der Waals surface area contributed by atoms with Gasteiger partial charge in [-0.15, -0.1) is 0 Å². The summed E-state index contributed by atoms with van der Waals surface area (Å²) in [6.07, 6.45) is 3.41. The number of aliphatic hydroxyl groups is 1. The number of nitrogens with zero attached hydrogens (tertiary/aromatic N) is 3. The summed E-state index contributed by atoms with van der Waals surface area (Å²) < 4.78 is 2.00. The van der Waals surface area contributed by atoms with Gasteiger partial charge in [0.05, 0.1) is 5.69 Å². The number of imidazole rings is 1. The van der Waals surface area contributed by atoms with Crippen molar-refractivity contribution < 1.29 is 5.11 Å². The molecule has 1 aromatic rings. The maximum absolute atomic E-state index is 10.2. The molecule has 0 bridgehead atoms. The minimum absolute atomic E-state index is 0.404. The molecule has 2 atom stereocenters. The molecule has 106 valence electrons. The molecule has 1 aromatic heterocycles. The molecular weight excluding hydrogens is 262 g/mol. The Labute approximate surface area is 119 Å². The Balaban J connectivity index is 1.90. The molecule has 0 spiro atoms. The van der Waals surface area contributed by atoms with Crippen molar-refractivity contribution in [1.82, 2.24) is 14.5 Å². The molecule has 5 heteroatoms. The van der Waals surface area contributed by atoms with E-state index < -0.39 is 6.23 Å². The molecule has 0 aliphatic carbocycles. The molecule has 0 aromatic carbocycles. The summed E-state index contributed by atoms with van der Waals surface area (Å²) in [6.45, 7) is 6.59. The number of hydrogen-bond acceptors (Lipinski definition) is 3. The first-order valence-electron chi connectivity index (χ1n) is 7.26. The average Bonchev–Trinajstić information content (AvgIpc) is 2.95. The van der Waals surface area contributed by atoms with E-state index >= 15 is 0 Å². The third kappa shape index (κ3) is 2.30. The van der Waals surface area contributed by atoms with Gasteiger partial charge in [0.25, 0.3) is 0 Å². The maximum Gasteiger partial charge on any atom is 0.150 e. The summed E-state index contributed by atoms with van der Waals surface area (Å²) in [7, 11) is 0. The van der Waals surface area contributed by atoms with Crippen molar-refractivity contribution in [2.45, 2.75) is 57.7 Å². The van der Waals surface area contributed by atoms with Crippen LogP contribution in [0.2, 0.25) is 5.15 Å². The fourth-order valence-electron chi connectivity index (χ4n) is 3.35. The van der Waals surface area contributed by atoms with Crippen LogP contribution in [0.4, 0.5) is 0 Å². The quantitative estimate of drug-likeness (QED) is 0.907. The van der Waals surface area contributed by atoms with Gasteiger partial charge in [0.2, 0.25) is 0 Å². The van der Waals surface area contributed by atoms with Crippen molar-refractivity contribution in [3.05, 3.63) is 16.7 Å². The predicted octanol–water partition coefficient (Wildman–Crippen LogP) is 2.56. The Bertz CT molecular complexity index is 472. The largest absolute Gasteiger partial charge is 0.373 e. The Morgan fingerprint density at radius 3 is 2.84 bits per heavy atom. The fraction of sp³-hybridized carbons (Fsp3) is 0.786. The second kappa shape index (κ2) is 5.08. The lowest BCUT2D eigenvalue weighted by Crippen LogP contribution is -2.28. The van der Waals surface area contributed by atoms with Crippen LogP contribution in [-0.4, -0.2) is 38.7 Å². The Hall–Kier alpha value is -0.580. The summed E-state index contributed by atoms with van der Waals surface area (Å²) in [5.74, 6) is 1.40. The number of hydrogen-bond donors (Lipinski definition) is 1. The van der Waals surface area contributed by atoms with Crippen LogP contribution in [0.15, 0.2) is 0 Å². The second-order valence-corrected chi connectivity index (χ2v) is 6.38.